The van der Waals surface area contributed by atoms with Crippen LogP contribution in [0.3, 0.4) is 0 Å². The van der Waals surface area contributed by atoms with Crippen LogP contribution in [-0.4, -0.2) is 19.9 Å². The number of hydrogen-bond acceptors (Lipinski definition) is 4. The van der Waals surface area contributed by atoms with Gasteiger partial charge in [0.15, 0.2) is 0 Å². The van der Waals surface area contributed by atoms with Crippen LogP contribution in [0.25, 0.3) is 5.69 Å². The predicted octanol–water partition coefficient (Wildman–Crippen LogP) is 2.33. The summed E-state index contributed by atoms with van der Waals surface area (Å²) in [6.07, 6.45) is -2.70. The predicted molar refractivity (Wildman–Crippen MR) is 53.0 cm³/mol. The minimum atomic E-state index is -5.05. The lowest BCUT2D eigenvalue weighted by Gasteiger charge is -2.10. The number of alkyl halides is 3. The lowest BCUT2D eigenvalue weighted by atomic mass is 10.1. The fourth-order valence-electron chi connectivity index (χ4n) is 1.41. The fourth-order valence-corrected chi connectivity index (χ4v) is 1.41. The molecule has 2 rings (SSSR count). The van der Waals surface area contributed by atoms with E-state index in [4.69, 9.17) is 0 Å². The summed E-state index contributed by atoms with van der Waals surface area (Å²) in [5.41, 5.74) is -3.31. The molecule has 0 fully saturated rings. The zero-order valence-corrected chi connectivity index (χ0v) is 8.93. The summed E-state index contributed by atoms with van der Waals surface area (Å²) < 4.78 is 52.1. The van der Waals surface area contributed by atoms with E-state index < -0.39 is 28.2 Å². The van der Waals surface area contributed by atoms with E-state index >= 15 is 0 Å². The Morgan fingerprint density at radius 2 is 2.00 bits per heavy atom. The second kappa shape index (κ2) is 4.30. The number of rotatable bonds is 2. The Balaban J connectivity index is 2.72. The summed E-state index contributed by atoms with van der Waals surface area (Å²) in [5, 5.41) is 17.3. The van der Waals surface area contributed by atoms with Gasteiger partial charge in [-0.2, -0.15) is 17.6 Å². The maximum absolute atomic E-state index is 13.4. The van der Waals surface area contributed by atoms with Crippen LogP contribution in [0, 0.1) is 15.9 Å². The SMILES string of the molecule is O=[N+]([O-])c1cc(-n2ccnn2)cc(C(F)(F)F)c1F. The van der Waals surface area contributed by atoms with Gasteiger partial charge >= 0.3 is 11.9 Å². The molecule has 0 bridgehead atoms. The molecule has 19 heavy (non-hydrogen) atoms. The highest BCUT2D eigenvalue weighted by atomic mass is 19.4. The van der Waals surface area contributed by atoms with Crippen molar-refractivity contribution in [3.05, 3.63) is 46.0 Å². The van der Waals surface area contributed by atoms with Crippen LogP contribution < -0.4 is 0 Å². The molecular formula is C9H4F4N4O2. The van der Waals surface area contributed by atoms with E-state index in [0.29, 0.717) is 12.1 Å². The summed E-state index contributed by atoms with van der Waals surface area (Å²) in [4.78, 5) is 9.34. The third-order valence-corrected chi connectivity index (χ3v) is 2.23. The van der Waals surface area contributed by atoms with Gasteiger partial charge in [-0.25, -0.2) is 4.68 Å². The molecule has 1 aromatic heterocycles. The number of nitrogens with zero attached hydrogens (tertiary/aromatic N) is 4. The second-order valence-electron chi connectivity index (χ2n) is 3.43. The van der Waals surface area contributed by atoms with E-state index in [0.717, 1.165) is 4.68 Å². The topological polar surface area (TPSA) is 73.8 Å². The number of halogens is 4. The number of nitro benzene ring substituents is 1. The molecule has 0 saturated heterocycles. The van der Waals surface area contributed by atoms with E-state index in [1.807, 2.05) is 0 Å². The van der Waals surface area contributed by atoms with Crippen LogP contribution in [0.2, 0.25) is 0 Å². The molecule has 0 aliphatic heterocycles. The molecule has 0 radical (unpaired) electrons. The first-order chi connectivity index (χ1) is 8.80. The zero-order valence-electron chi connectivity index (χ0n) is 8.93. The fraction of sp³-hybridized carbons (Fsp3) is 0.111. The van der Waals surface area contributed by atoms with Gasteiger partial charge in [-0.3, -0.25) is 10.1 Å². The summed E-state index contributed by atoms with van der Waals surface area (Å²) in [6, 6.07) is 1.08. The van der Waals surface area contributed by atoms with Gasteiger partial charge in [-0.15, -0.1) is 5.10 Å². The van der Waals surface area contributed by atoms with Gasteiger partial charge in [0, 0.05) is 6.07 Å². The first-order valence-corrected chi connectivity index (χ1v) is 4.72. The molecule has 1 heterocycles. The molecule has 1 aromatic carbocycles. The van der Waals surface area contributed by atoms with Crippen LogP contribution in [0.1, 0.15) is 5.56 Å². The van der Waals surface area contributed by atoms with Crippen molar-refractivity contribution in [3.8, 4) is 5.69 Å². The van der Waals surface area contributed by atoms with Crippen molar-refractivity contribution in [3.63, 3.8) is 0 Å². The standard InChI is InChI=1S/C9H4F4N4O2/c10-8-6(9(11,12)13)3-5(4-7(8)17(18)19)16-2-1-14-15-16/h1-4H. The molecule has 0 amide bonds. The quantitative estimate of drug-likeness (QED) is 0.479. The summed E-state index contributed by atoms with van der Waals surface area (Å²) in [6.45, 7) is 0. The lowest BCUT2D eigenvalue weighted by Crippen LogP contribution is -2.12. The molecule has 100 valence electrons. The molecule has 6 nitrogen and oxygen atoms in total. The molecule has 0 spiro atoms. The van der Waals surface area contributed by atoms with Crippen LogP contribution in [0.5, 0.6) is 0 Å². The van der Waals surface area contributed by atoms with Gasteiger partial charge in [-0.1, -0.05) is 5.21 Å². The van der Waals surface area contributed by atoms with Gasteiger partial charge in [0.2, 0.25) is 5.82 Å². The monoisotopic (exact) mass is 276 g/mol. The average molecular weight is 276 g/mol. The first-order valence-electron chi connectivity index (χ1n) is 4.72. The number of aromatic nitrogens is 3. The van der Waals surface area contributed by atoms with E-state index in [-0.39, 0.29) is 5.69 Å². The Morgan fingerprint density at radius 1 is 1.32 bits per heavy atom. The molecule has 2 aromatic rings. The third kappa shape index (κ3) is 2.37. The molecule has 0 aliphatic carbocycles. The molecule has 0 N–H and O–H groups in total. The molecule has 0 unspecified atom stereocenters. The van der Waals surface area contributed by atoms with Gasteiger partial charge in [0.1, 0.15) is 5.56 Å². The number of hydrogen-bond donors (Lipinski definition) is 0. The normalized spacial score (nSPS) is 11.6. The van der Waals surface area contributed by atoms with Crippen molar-refractivity contribution < 1.29 is 22.5 Å². The molecule has 0 aliphatic rings. The highest BCUT2D eigenvalue weighted by Crippen LogP contribution is 2.36. The maximum Gasteiger partial charge on any atom is 0.419 e. The van der Waals surface area contributed by atoms with Crippen molar-refractivity contribution in [2.24, 2.45) is 0 Å². The van der Waals surface area contributed by atoms with Crippen molar-refractivity contribution in [1.82, 2.24) is 15.0 Å². The van der Waals surface area contributed by atoms with Gasteiger partial charge in [0.05, 0.1) is 23.0 Å². The molecule has 10 heteroatoms. The van der Waals surface area contributed by atoms with Crippen LogP contribution in [0.4, 0.5) is 23.2 Å². The second-order valence-corrected chi connectivity index (χ2v) is 3.43. The van der Waals surface area contributed by atoms with Gasteiger partial charge in [0.25, 0.3) is 0 Å². The Kier molecular flexibility index (Phi) is 2.92. The van der Waals surface area contributed by atoms with Crippen molar-refractivity contribution in [1.29, 1.82) is 0 Å². The first kappa shape index (κ1) is 12.9. The van der Waals surface area contributed by atoms with E-state index in [9.17, 15) is 27.7 Å². The van der Waals surface area contributed by atoms with Crippen LogP contribution >= 0.6 is 0 Å². The highest BCUT2D eigenvalue weighted by Gasteiger charge is 2.38. The Labute approximate surface area is 102 Å². The average Bonchev–Trinajstić information content (AvgIpc) is 2.80. The minimum Gasteiger partial charge on any atom is -0.258 e. The van der Waals surface area contributed by atoms with Crippen molar-refractivity contribution in [2.45, 2.75) is 6.18 Å². The highest BCUT2D eigenvalue weighted by molar-refractivity contribution is 5.48. The number of benzene rings is 1. The van der Waals surface area contributed by atoms with Crippen LogP contribution in [-0.2, 0) is 6.18 Å². The van der Waals surface area contributed by atoms with Gasteiger partial charge < -0.3 is 0 Å². The largest absolute Gasteiger partial charge is 0.419 e. The van der Waals surface area contributed by atoms with E-state index in [1.165, 1.54) is 12.4 Å². The zero-order chi connectivity index (χ0) is 14.2. The van der Waals surface area contributed by atoms with Crippen LogP contribution in [0.15, 0.2) is 24.5 Å². The Bertz CT molecular complexity index is 624. The van der Waals surface area contributed by atoms with E-state index in [1.54, 1.807) is 0 Å². The van der Waals surface area contributed by atoms with Gasteiger partial charge in [-0.05, 0) is 6.07 Å². The Morgan fingerprint density at radius 3 is 2.47 bits per heavy atom. The Hall–Kier alpha value is -2.52. The maximum atomic E-state index is 13.4. The number of nitro groups is 1. The molecule has 0 saturated carbocycles. The summed E-state index contributed by atoms with van der Waals surface area (Å²) in [7, 11) is 0. The summed E-state index contributed by atoms with van der Waals surface area (Å²) >= 11 is 0. The molecular weight excluding hydrogens is 272 g/mol. The summed E-state index contributed by atoms with van der Waals surface area (Å²) in [5.74, 6) is -1.93. The van der Waals surface area contributed by atoms with Crippen molar-refractivity contribution in [2.75, 3.05) is 0 Å². The third-order valence-electron chi connectivity index (χ3n) is 2.23. The smallest absolute Gasteiger partial charge is 0.258 e. The van der Waals surface area contributed by atoms with Crippen molar-refractivity contribution >= 4 is 5.69 Å². The van der Waals surface area contributed by atoms with E-state index in [2.05, 4.69) is 10.3 Å². The minimum absolute atomic E-state index is 0.307. The molecule has 0 atom stereocenters. The lowest BCUT2D eigenvalue weighted by molar-refractivity contribution is -0.387.